The molecule has 8 heteroatoms. The number of rotatable bonds is 5. The normalized spacial score (nSPS) is 11.0. The number of hydrogen-bond donors (Lipinski definition) is 0. The van der Waals surface area contributed by atoms with Crippen molar-refractivity contribution in [3.8, 4) is 5.88 Å². The molecule has 0 amide bonds. The lowest BCUT2D eigenvalue weighted by molar-refractivity contribution is 0.0517. The number of ether oxygens (including phenoxy) is 2. The number of esters is 1. The van der Waals surface area contributed by atoms with Gasteiger partial charge in [0.25, 0.3) is 5.88 Å². The number of aryl methyl sites for hydroxylation is 2. The topological polar surface area (TPSA) is 65.7 Å². The highest BCUT2D eigenvalue weighted by Crippen LogP contribution is 2.23. The fourth-order valence-electron chi connectivity index (χ4n) is 2.60. The second-order valence-corrected chi connectivity index (χ2v) is 5.64. The van der Waals surface area contributed by atoms with Crippen LogP contribution in [0.3, 0.4) is 0 Å². The van der Waals surface area contributed by atoms with Crippen molar-refractivity contribution in [1.82, 2.24) is 14.4 Å². The molecule has 3 aromatic rings. The maximum Gasteiger partial charge on any atom is 0.357 e. The minimum absolute atomic E-state index is 0.0753. The number of halogens is 2. The van der Waals surface area contributed by atoms with Gasteiger partial charge >= 0.3 is 5.97 Å². The zero-order chi connectivity index (χ0) is 18.8. The van der Waals surface area contributed by atoms with Gasteiger partial charge in [0.2, 0.25) is 5.65 Å². The van der Waals surface area contributed by atoms with Gasteiger partial charge in [0.15, 0.2) is 5.69 Å². The van der Waals surface area contributed by atoms with Gasteiger partial charge in [0, 0.05) is 6.20 Å². The summed E-state index contributed by atoms with van der Waals surface area (Å²) in [4.78, 5) is 20.7. The lowest BCUT2D eigenvalue weighted by Gasteiger charge is -2.10. The van der Waals surface area contributed by atoms with E-state index in [1.165, 1.54) is 10.5 Å². The van der Waals surface area contributed by atoms with Crippen molar-refractivity contribution in [1.29, 1.82) is 0 Å². The van der Waals surface area contributed by atoms with Crippen LogP contribution in [-0.2, 0) is 11.3 Å². The van der Waals surface area contributed by atoms with E-state index in [0.29, 0.717) is 11.4 Å². The molecule has 0 saturated carbocycles. The van der Waals surface area contributed by atoms with Crippen LogP contribution in [0.5, 0.6) is 5.88 Å². The van der Waals surface area contributed by atoms with Gasteiger partial charge in [-0.15, -0.1) is 0 Å². The predicted octanol–water partition coefficient (Wildman–Crippen LogP) is 3.38. The molecule has 0 atom stereocenters. The zero-order valence-electron chi connectivity index (χ0n) is 14.5. The summed E-state index contributed by atoms with van der Waals surface area (Å²) in [5.41, 5.74) is 1.31. The molecule has 0 bridgehead atoms. The molecule has 26 heavy (non-hydrogen) atoms. The fraction of sp³-hybridized carbons (Fsp3) is 0.278. The quantitative estimate of drug-likeness (QED) is 0.652. The van der Waals surface area contributed by atoms with Crippen LogP contribution in [0.2, 0.25) is 0 Å². The van der Waals surface area contributed by atoms with Crippen molar-refractivity contribution in [2.75, 3.05) is 6.61 Å². The molecule has 0 aliphatic carbocycles. The Balaban J connectivity index is 2.01. The number of aromatic nitrogens is 3. The Hall–Kier alpha value is -3.03. The summed E-state index contributed by atoms with van der Waals surface area (Å²) in [6.45, 7) is 4.95. The summed E-state index contributed by atoms with van der Waals surface area (Å²) >= 11 is 0. The lowest BCUT2D eigenvalue weighted by Crippen LogP contribution is -2.10. The second kappa shape index (κ2) is 7.07. The highest BCUT2D eigenvalue weighted by molar-refractivity contribution is 5.90. The summed E-state index contributed by atoms with van der Waals surface area (Å²) in [5.74, 6) is -1.86. The third kappa shape index (κ3) is 3.22. The number of carbonyl (C=O) groups excluding carboxylic acids is 1. The summed E-state index contributed by atoms with van der Waals surface area (Å²) in [6, 6.07) is 3.58. The molecule has 2 heterocycles. The first-order valence-corrected chi connectivity index (χ1v) is 8.01. The van der Waals surface area contributed by atoms with Crippen LogP contribution in [0.1, 0.15) is 34.4 Å². The highest BCUT2D eigenvalue weighted by atomic mass is 19.1. The monoisotopic (exact) mass is 361 g/mol. The highest BCUT2D eigenvalue weighted by Gasteiger charge is 2.21. The van der Waals surface area contributed by atoms with Crippen LogP contribution in [-0.4, -0.2) is 26.9 Å². The van der Waals surface area contributed by atoms with Crippen LogP contribution in [0, 0.1) is 25.5 Å². The first kappa shape index (κ1) is 17.8. The molecule has 6 nitrogen and oxygen atoms in total. The van der Waals surface area contributed by atoms with Crippen molar-refractivity contribution in [3.63, 3.8) is 0 Å². The van der Waals surface area contributed by atoms with Gasteiger partial charge in [-0.1, -0.05) is 6.07 Å². The third-order valence-corrected chi connectivity index (χ3v) is 3.75. The van der Waals surface area contributed by atoms with Crippen LogP contribution >= 0.6 is 0 Å². The number of nitrogens with zero attached hydrogens (tertiary/aromatic N) is 3. The van der Waals surface area contributed by atoms with Crippen LogP contribution in [0.15, 0.2) is 24.4 Å². The number of carbonyl (C=O) groups is 1. The fourth-order valence-corrected chi connectivity index (χ4v) is 2.60. The SMILES string of the molecule is CCOC(=O)c1c(C)nc2c(OCc3c(F)cccc3F)nc(C)cn12. The van der Waals surface area contributed by atoms with E-state index in [1.54, 1.807) is 27.0 Å². The molecular weight excluding hydrogens is 344 g/mol. The number of imidazole rings is 1. The Kier molecular flexibility index (Phi) is 4.83. The molecule has 0 spiro atoms. The smallest absolute Gasteiger partial charge is 0.357 e. The maximum absolute atomic E-state index is 13.8. The summed E-state index contributed by atoms with van der Waals surface area (Å²) in [5, 5.41) is 0. The van der Waals surface area contributed by atoms with Crippen molar-refractivity contribution in [3.05, 3.63) is 58.7 Å². The molecule has 0 saturated heterocycles. The van der Waals surface area contributed by atoms with Gasteiger partial charge < -0.3 is 9.47 Å². The third-order valence-electron chi connectivity index (χ3n) is 3.75. The van der Waals surface area contributed by atoms with Gasteiger partial charge in [-0.25, -0.2) is 23.5 Å². The Morgan fingerprint density at radius 2 is 1.88 bits per heavy atom. The van der Waals surface area contributed by atoms with E-state index in [-0.39, 0.29) is 36.0 Å². The van der Waals surface area contributed by atoms with E-state index in [4.69, 9.17) is 9.47 Å². The molecule has 0 unspecified atom stereocenters. The van der Waals surface area contributed by atoms with E-state index in [0.717, 1.165) is 12.1 Å². The molecular formula is C18H17F2N3O3. The average molecular weight is 361 g/mol. The van der Waals surface area contributed by atoms with E-state index in [9.17, 15) is 13.6 Å². The minimum Gasteiger partial charge on any atom is -0.470 e. The predicted molar refractivity (Wildman–Crippen MR) is 89.1 cm³/mol. The van der Waals surface area contributed by atoms with Gasteiger partial charge in [-0.2, -0.15) is 0 Å². The van der Waals surface area contributed by atoms with Gasteiger partial charge in [0.1, 0.15) is 18.2 Å². The molecule has 0 N–H and O–H groups in total. The van der Waals surface area contributed by atoms with Crippen LogP contribution < -0.4 is 4.74 Å². The number of benzene rings is 1. The van der Waals surface area contributed by atoms with Crippen LogP contribution in [0.4, 0.5) is 8.78 Å². The average Bonchev–Trinajstić information content (AvgIpc) is 2.90. The maximum atomic E-state index is 13.8. The van der Waals surface area contributed by atoms with E-state index >= 15 is 0 Å². The van der Waals surface area contributed by atoms with E-state index in [1.807, 2.05) is 0 Å². The molecule has 3 rings (SSSR count). The molecule has 0 fully saturated rings. The van der Waals surface area contributed by atoms with E-state index in [2.05, 4.69) is 9.97 Å². The van der Waals surface area contributed by atoms with E-state index < -0.39 is 17.6 Å². The summed E-state index contributed by atoms with van der Waals surface area (Å²) in [7, 11) is 0. The molecule has 0 radical (unpaired) electrons. The van der Waals surface area contributed by atoms with Crippen molar-refractivity contribution in [2.24, 2.45) is 0 Å². The van der Waals surface area contributed by atoms with Gasteiger partial charge in [-0.05, 0) is 32.9 Å². The number of hydrogen-bond acceptors (Lipinski definition) is 5. The molecule has 2 aromatic heterocycles. The Morgan fingerprint density at radius 1 is 1.19 bits per heavy atom. The van der Waals surface area contributed by atoms with Gasteiger partial charge in [-0.3, -0.25) is 4.40 Å². The Labute approximate surface area is 148 Å². The summed E-state index contributed by atoms with van der Waals surface area (Å²) < 4.78 is 39.7. The first-order chi connectivity index (χ1) is 12.4. The molecule has 136 valence electrons. The number of fused-ring (bicyclic) bond motifs is 1. The molecule has 0 aliphatic heterocycles. The first-order valence-electron chi connectivity index (χ1n) is 8.01. The Morgan fingerprint density at radius 3 is 2.54 bits per heavy atom. The van der Waals surface area contributed by atoms with Crippen molar-refractivity contribution < 1.29 is 23.0 Å². The summed E-state index contributed by atoms with van der Waals surface area (Å²) in [6.07, 6.45) is 1.62. The molecule has 0 aliphatic rings. The largest absolute Gasteiger partial charge is 0.470 e. The molecule has 1 aromatic carbocycles. The second-order valence-electron chi connectivity index (χ2n) is 5.64. The zero-order valence-corrected chi connectivity index (χ0v) is 14.5. The van der Waals surface area contributed by atoms with Crippen molar-refractivity contribution in [2.45, 2.75) is 27.4 Å². The lowest BCUT2D eigenvalue weighted by atomic mass is 10.2. The van der Waals surface area contributed by atoms with Crippen LogP contribution in [0.25, 0.3) is 5.65 Å². The Bertz CT molecular complexity index is 965. The van der Waals surface area contributed by atoms with Crippen molar-refractivity contribution >= 4 is 11.6 Å². The standard InChI is InChI=1S/C18H17F2N3O3/c1-4-25-18(24)15-11(3)22-16-17(21-10(2)8-23(15)16)26-9-12-13(19)6-5-7-14(12)20/h5-8H,4,9H2,1-3H3. The minimum atomic E-state index is -0.708. The van der Waals surface area contributed by atoms with Gasteiger partial charge in [0.05, 0.1) is 23.6 Å².